The summed E-state index contributed by atoms with van der Waals surface area (Å²) in [5.74, 6) is 0.406. The van der Waals surface area contributed by atoms with E-state index in [0.29, 0.717) is 23.4 Å². The zero-order valence-electron chi connectivity index (χ0n) is 16.0. The van der Waals surface area contributed by atoms with E-state index in [1.165, 1.54) is 10.1 Å². The van der Waals surface area contributed by atoms with Crippen molar-refractivity contribution in [1.29, 1.82) is 0 Å². The van der Waals surface area contributed by atoms with E-state index in [0.717, 1.165) is 0 Å². The van der Waals surface area contributed by atoms with Crippen LogP contribution in [0.2, 0.25) is 0 Å². The number of carbonyl (C=O) groups is 1. The minimum Gasteiger partial charge on any atom is -0.277 e. The predicted molar refractivity (Wildman–Crippen MR) is 104 cm³/mol. The molecule has 1 fully saturated rings. The molecule has 2 atom stereocenters. The average Bonchev–Trinajstić information content (AvgIpc) is 3.12. The van der Waals surface area contributed by atoms with E-state index in [4.69, 9.17) is 0 Å². The molecule has 6 heteroatoms. The van der Waals surface area contributed by atoms with Gasteiger partial charge in [-0.3, -0.25) is 25.0 Å². The van der Waals surface area contributed by atoms with Crippen molar-refractivity contribution in [3.63, 3.8) is 0 Å². The number of para-hydroxylation sites is 1. The van der Waals surface area contributed by atoms with Crippen molar-refractivity contribution in [2.45, 2.75) is 41.2 Å². The van der Waals surface area contributed by atoms with Crippen LogP contribution in [0.5, 0.6) is 0 Å². The van der Waals surface area contributed by atoms with E-state index in [1.54, 1.807) is 12.1 Å². The summed E-state index contributed by atoms with van der Waals surface area (Å²) in [6, 6.07) is 7.21. The average molecular weight is 354 g/mol. The first-order valence-corrected chi connectivity index (χ1v) is 8.97. The molecule has 1 saturated carbocycles. The van der Waals surface area contributed by atoms with Gasteiger partial charge in [0, 0.05) is 6.54 Å². The van der Waals surface area contributed by atoms with Gasteiger partial charge in [0.25, 0.3) is 5.56 Å². The molecule has 1 heterocycles. The fourth-order valence-corrected chi connectivity index (χ4v) is 3.60. The minimum atomic E-state index is -0.121. The first kappa shape index (κ1) is 18.2. The lowest BCUT2D eigenvalue weighted by Gasteiger charge is -2.14. The van der Waals surface area contributed by atoms with E-state index in [-0.39, 0.29) is 28.7 Å². The Morgan fingerprint density at radius 2 is 2.00 bits per heavy atom. The van der Waals surface area contributed by atoms with Crippen LogP contribution in [0.1, 0.15) is 34.6 Å². The Hall–Kier alpha value is -2.63. The molecule has 6 nitrogen and oxygen atoms in total. The summed E-state index contributed by atoms with van der Waals surface area (Å²) in [6.45, 7) is 10.6. The molecule has 0 aliphatic heterocycles. The van der Waals surface area contributed by atoms with Crippen LogP contribution in [0.3, 0.4) is 0 Å². The lowest BCUT2D eigenvalue weighted by Crippen LogP contribution is -2.36. The number of fused-ring (bicyclic) bond motifs is 1. The number of amides is 1. The maximum Gasteiger partial charge on any atom is 0.262 e. The van der Waals surface area contributed by atoms with Crippen LogP contribution in [-0.2, 0) is 11.3 Å². The molecule has 3 rings (SSSR count). The highest BCUT2D eigenvalue weighted by molar-refractivity contribution is 5.85. The topological polar surface area (TPSA) is 76.0 Å². The number of rotatable bonds is 5. The van der Waals surface area contributed by atoms with Gasteiger partial charge in [0.1, 0.15) is 0 Å². The Kier molecular flexibility index (Phi) is 4.61. The number of carbonyl (C=O) groups excluding carboxylic acids is 1. The number of hydrogen-bond acceptors (Lipinski definition) is 4. The largest absolute Gasteiger partial charge is 0.277 e. The molecule has 1 aliphatic carbocycles. The number of aromatic nitrogens is 2. The third-order valence-corrected chi connectivity index (χ3v) is 5.18. The maximum atomic E-state index is 12.6. The van der Waals surface area contributed by atoms with Crippen LogP contribution in [-0.4, -0.2) is 15.5 Å². The first-order valence-electron chi connectivity index (χ1n) is 8.97. The number of benzene rings is 1. The molecule has 1 aromatic carbocycles. The summed E-state index contributed by atoms with van der Waals surface area (Å²) in [5.41, 5.74) is 7.24. The molecule has 138 valence electrons. The molecule has 2 aromatic rings. The van der Waals surface area contributed by atoms with Crippen LogP contribution < -0.4 is 16.4 Å². The van der Waals surface area contributed by atoms with E-state index in [2.05, 4.69) is 35.8 Å². The Balaban J connectivity index is 1.81. The SMILES string of the molecule is CCn1c(NNC(=O)[C@@H]2[C@@H](C=C(C)C)C2(C)C)nc2ccccc2c1=O. The fourth-order valence-electron chi connectivity index (χ4n) is 3.60. The van der Waals surface area contributed by atoms with Crippen LogP contribution in [0.15, 0.2) is 40.7 Å². The molecule has 0 spiro atoms. The van der Waals surface area contributed by atoms with Crippen LogP contribution in [0, 0.1) is 17.3 Å². The lowest BCUT2D eigenvalue weighted by atomic mass is 10.1. The first-order chi connectivity index (χ1) is 12.3. The molecule has 2 N–H and O–H groups in total. The Morgan fingerprint density at radius 1 is 1.31 bits per heavy atom. The van der Waals surface area contributed by atoms with Crippen molar-refractivity contribution in [3.8, 4) is 0 Å². The summed E-state index contributed by atoms with van der Waals surface area (Å²) >= 11 is 0. The van der Waals surface area contributed by atoms with E-state index < -0.39 is 0 Å². The zero-order valence-corrected chi connectivity index (χ0v) is 16.0. The van der Waals surface area contributed by atoms with Crippen molar-refractivity contribution in [2.75, 3.05) is 5.43 Å². The fraction of sp³-hybridized carbons (Fsp3) is 0.450. The van der Waals surface area contributed by atoms with Gasteiger partial charge in [0.05, 0.1) is 16.8 Å². The molecule has 1 aliphatic rings. The molecule has 0 unspecified atom stereocenters. The van der Waals surface area contributed by atoms with Gasteiger partial charge in [-0.05, 0) is 44.2 Å². The summed E-state index contributed by atoms with van der Waals surface area (Å²) in [4.78, 5) is 29.7. The summed E-state index contributed by atoms with van der Waals surface area (Å²) in [6.07, 6.45) is 2.15. The van der Waals surface area contributed by atoms with Gasteiger partial charge in [-0.25, -0.2) is 4.98 Å². The second-order valence-corrected chi connectivity index (χ2v) is 7.69. The van der Waals surface area contributed by atoms with Gasteiger partial charge < -0.3 is 0 Å². The summed E-state index contributed by atoms with van der Waals surface area (Å²) < 4.78 is 1.52. The zero-order chi connectivity index (χ0) is 19.1. The van der Waals surface area contributed by atoms with Gasteiger partial charge >= 0.3 is 0 Å². The van der Waals surface area contributed by atoms with Crippen LogP contribution in [0.4, 0.5) is 5.95 Å². The summed E-state index contributed by atoms with van der Waals surface area (Å²) in [5, 5.41) is 0.568. The third kappa shape index (κ3) is 3.11. The highest BCUT2D eigenvalue weighted by Gasteiger charge is 2.60. The van der Waals surface area contributed by atoms with Crippen molar-refractivity contribution >= 4 is 22.8 Å². The molecular weight excluding hydrogens is 328 g/mol. The van der Waals surface area contributed by atoms with Gasteiger partial charge in [-0.15, -0.1) is 0 Å². The molecule has 26 heavy (non-hydrogen) atoms. The van der Waals surface area contributed by atoms with Crippen LogP contribution >= 0.6 is 0 Å². The Bertz CT molecular complexity index is 938. The van der Waals surface area contributed by atoms with Crippen LogP contribution in [0.25, 0.3) is 10.9 Å². The molecule has 0 bridgehead atoms. The number of allylic oxidation sites excluding steroid dienone is 2. The third-order valence-electron chi connectivity index (χ3n) is 5.18. The Labute approximate surface area is 153 Å². The predicted octanol–water partition coefficient (Wildman–Crippen LogP) is 3.10. The quantitative estimate of drug-likeness (QED) is 0.639. The van der Waals surface area contributed by atoms with Crippen molar-refractivity contribution in [2.24, 2.45) is 17.3 Å². The highest BCUT2D eigenvalue weighted by Crippen LogP contribution is 2.59. The monoisotopic (exact) mass is 354 g/mol. The summed E-state index contributed by atoms with van der Waals surface area (Å²) in [7, 11) is 0. The van der Waals surface area contributed by atoms with Crippen molar-refractivity contribution < 1.29 is 4.79 Å². The normalized spacial score (nSPS) is 20.5. The second kappa shape index (κ2) is 6.59. The highest BCUT2D eigenvalue weighted by atomic mass is 16.2. The van der Waals surface area contributed by atoms with Gasteiger partial charge in [0.2, 0.25) is 11.9 Å². The van der Waals surface area contributed by atoms with E-state index in [1.807, 2.05) is 32.9 Å². The molecule has 1 aromatic heterocycles. The second-order valence-electron chi connectivity index (χ2n) is 7.69. The number of nitrogens with zero attached hydrogens (tertiary/aromatic N) is 2. The van der Waals surface area contributed by atoms with Crippen molar-refractivity contribution in [3.05, 3.63) is 46.3 Å². The number of hydrogen-bond donors (Lipinski definition) is 2. The van der Waals surface area contributed by atoms with Gasteiger partial charge in [-0.2, -0.15) is 0 Å². The molecule has 0 saturated heterocycles. The molecular formula is C20H26N4O2. The number of hydrazine groups is 1. The van der Waals surface area contributed by atoms with Gasteiger partial charge in [0.15, 0.2) is 0 Å². The molecule has 1 amide bonds. The minimum absolute atomic E-state index is 0.0652. The standard InChI is InChI=1S/C20H26N4O2/c1-6-24-18(26)13-9-7-8-10-15(13)21-19(24)23-22-17(25)16-14(11-12(2)3)20(16,4)5/h7-11,14,16H,6H2,1-5H3,(H,21,23)(H,22,25)/t14-,16+/m1/s1. The lowest BCUT2D eigenvalue weighted by molar-refractivity contribution is -0.122. The van der Waals surface area contributed by atoms with Crippen molar-refractivity contribution in [1.82, 2.24) is 15.0 Å². The smallest absolute Gasteiger partial charge is 0.262 e. The Morgan fingerprint density at radius 3 is 2.65 bits per heavy atom. The molecule has 0 radical (unpaired) electrons. The van der Waals surface area contributed by atoms with E-state index >= 15 is 0 Å². The van der Waals surface area contributed by atoms with Gasteiger partial charge in [-0.1, -0.05) is 37.6 Å². The number of nitrogens with one attached hydrogen (secondary N) is 2. The number of anilines is 1. The van der Waals surface area contributed by atoms with E-state index in [9.17, 15) is 9.59 Å². The maximum absolute atomic E-state index is 12.6.